The minimum absolute atomic E-state index is 0.0329. The monoisotopic (exact) mass is 361 g/mol. The third kappa shape index (κ3) is 4.42. The van der Waals surface area contributed by atoms with Gasteiger partial charge in [0.05, 0.1) is 16.2 Å². The third-order valence-electron chi connectivity index (χ3n) is 4.29. The maximum absolute atomic E-state index is 12.8. The molecule has 1 aromatic carbocycles. The van der Waals surface area contributed by atoms with Crippen molar-refractivity contribution in [2.45, 2.75) is 70.0 Å². The lowest BCUT2D eigenvalue weighted by molar-refractivity contribution is -0.121. The van der Waals surface area contributed by atoms with Crippen LogP contribution in [0.25, 0.3) is 10.9 Å². The molecule has 2 aromatic rings. The molecular weight excluding hydrogens is 334 g/mol. The zero-order valence-electron chi connectivity index (χ0n) is 15.8. The summed E-state index contributed by atoms with van der Waals surface area (Å²) in [5.74, 6) is -0.0467. The van der Waals surface area contributed by atoms with Crippen molar-refractivity contribution in [1.29, 1.82) is 0 Å². The Kier molecular flexibility index (Phi) is 5.93. The van der Waals surface area contributed by atoms with Crippen LogP contribution >= 0.6 is 11.8 Å². The van der Waals surface area contributed by atoms with E-state index in [1.807, 2.05) is 59.7 Å². The number of rotatable bonds is 6. The Balaban J connectivity index is 2.38. The molecule has 0 aliphatic rings. The van der Waals surface area contributed by atoms with Crippen molar-refractivity contribution in [3.8, 4) is 0 Å². The fourth-order valence-electron chi connectivity index (χ4n) is 2.40. The highest BCUT2D eigenvalue weighted by atomic mass is 32.2. The number of benzene rings is 1. The van der Waals surface area contributed by atoms with Gasteiger partial charge in [0, 0.05) is 11.6 Å². The molecule has 0 saturated carbocycles. The van der Waals surface area contributed by atoms with Crippen LogP contribution in [0.4, 0.5) is 0 Å². The van der Waals surface area contributed by atoms with Crippen molar-refractivity contribution < 1.29 is 4.79 Å². The average molecular weight is 362 g/mol. The molecule has 0 saturated heterocycles. The second-order valence-electron chi connectivity index (χ2n) is 7.17. The standard InChI is InChI=1S/C19H27N3O2S/c1-7-19(5,6)21-16(23)13(4)25-18-20-15-11-9-8-10-14(15)17(24)22(18)12(2)3/h8-13H,7H2,1-6H3,(H,21,23). The summed E-state index contributed by atoms with van der Waals surface area (Å²) in [5, 5.41) is 3.89. The molecule has 136 valence electrons. The Bertz CT molecular complexity index is 827. The van der Waals surface area contributed by atoms with Gasteiger partial charge in [0.1, 0.15) is 0 Å². The summed E-state index contributed by atoms with van der Waals surface area (Å²) in [6, 6.07) is 7.29. The molecule has 2 rings (SSSR count). The van der Waals surface area contributed by atoms with Gasteiger partial charge in [0.15, 0.2) is 5.16 Å². The minimum atomic E-state index is -0.344. The van der Waals surface area contributed by atoms with Crippen LogP contribution in [0.15, 0.2) is 34.2 Å². The molecule has 1 atom stereocenters. The Labute approximate surface area is 153 Å². The molecule has 0 radical (unpaired) electrons. The molecule has 0 bridgehead atoms. The van der Waals surface area contributed by atoms with E-state index < -0.39 is 0 Å². The van der Waals surface area contributed by atoms with Gasteiger partial charge < -0.3 is 5.32 Å². The van der Waals surface area contributed by atoms with Gasteiger partial charge in [-0.3, -0.25) is 14.2 Å². The highest BCUT2D eigenvalue weighted by Gasteiger charge is 2.24. The number of nitrogens with zero attached hydrogens (tertiary/aromatic N) is 2. The van der Waals surface area contributed by atoms with Crippen LogP contribution in [-0.4, -0.2) is 26.2 Å². The second-order valence-corrected chi connectivity index (χ2v) is 8.48. The molecule has 0 spiro atoms. The van der Waals surface area contributed by atoms with Crippen molar-refractivity contribution >= 4 is 28.6 Å². The van der Waals surface area contributed by atoms with E-state index in [0.717, 1.165) is 6.42 Å². The van der Waals surface area contributed by atoms with Gasteiger partial charge in [-0.2, -0.15) is 0 Å². The Hall–Kier alpha value is -1.82. The van der Waals surface area contributed by atoms with E-state index in [2.05, 4.69) is 10.3 Å². The summed E-state index contributed by atoms with van der Waals surface area (Å²) in [7, 11) is 0. The Morgan fingerprint density at radius 3 is 2.52 bits per heavy atom. The number of hydrogen-bond donors (Lipinski definition) is 1. The van der Waals surface area contributed by atoms with E-state index in [0.29, 0.717) is 16.1 Å². The Morgan fingerprint density at radius 2 is 1.92 bits per heavy atom. The van der Waals surface area contributed by atoms with E-state index in [9.17, 15) is 9.59 Å². The smallest absolute Gasteiger partial charge is 0.262 e. The molecule has 0 aliphatic heterocycles. The van der Waals surface area contributed by atoms with Crippen molar-refractivity contribution in [2.24, 2.45) is 0 Å². The highest BCUT2D eigenvalue weighted by Crippen LogP contribution is 2.25. The van der Waals surface area contributed by atoms with Gasteiger partial charge in [-0.05, 0) is 53.2 Å². The lowest BCUT2D eigenvalue weighted by Gasteiger charge is -2.26. The Morgan fingerprint density at radius 1 is 1.28 bits per heavy atom. The van der Waals surface area contributed by atoms with Gasteiger partial charge in [-0.15, -0.1) is 0 Å². The molecular formula is C19H27N3O2S. The molecule has 1 heterocycles. The summed E-state index contributed by atoms with van der Waals surface area (Å²) >= 11 is 1.33. The van der Waals surface area contributed by atoms with Crippen molar-refractivity contribution in [1.82, 2.24) is 14.9 Å². The van der Waals surface area contributed by atoms with Crippen LogP contribution in [-0.2, 0) is 4.79 Å². The van der Waals surface area contributed by atoms with Crippen molar-refractivity contribution in [2.75, 3.05) is 0 Å². The number of thioether (sulfide) groups is 1. The first-order chi connectivity index (χ1) is 11.7. The zero-order valence-corrected chi connectivity index (χ0v) is 16.6. The van der Waals surface area contributed by atoms with Crippen molar-refractivity contribution in [3.05, 3.63) is 34.6 Å². The van der Waals surface area contributed by atoms with Gasteiger partial charge in [0.25, 0.3) is 5.56 Å². The third-order valence-corrected chi connectivity index (χ3v) is 5.36. The highest BCUT2D eigenvalue weighted by molar-refractivity contribution is 8.00. The number of para-hydroxylation sites is 1. The second kappa shape index (κ2) is 7.60. The molecule has 0 aliphatic carbocycles. The average Bonchev–Trinajstić information content (AvgIpc) is 2.54. The van der Waals surface area contributed by atoms with Crippen LogP contribution in [0.1, 0.15) is 54.0 Å². The van der Waals surface area contributed by atoms with E-state index in [1.165, 1.54) is 11.8 Å². The van der Waals surface area contributed by atoms with E-state index in [4.69, 9.17) is 0 Å². The lowest BCUT2D eigenvalue weighted by Crippen LogP contribution is -2.46. The van der Waals surface area contributed by atoms with Gasteiger partial charge in [-0.25, -0.2) is 4.98 Å². The number of nitrogens with one attached hydrogen (secondary N) is 1. The first-order valence-electron chi connectivity index (χ1n) is 8.66. The maximum Gasteiger partial charge on any atom is 0.262 e. The molecule has 1 amide bonds. The van der Waals surface area contributed by atoms with Crippen LogP contribution in [0.5, 0.6) is 0 Å². The predicted octanol–water partition coefficient (Wildman–Crippen LogP) is 3.76. The van der Waals surface area contributed by atoms with Crippen LogP contribution in [0, 0.1) is 0 Å². The van der Waals surface area contributed by atoms with Gasteiger partial charge in [0.2, 0.25) is 5.91 Å². The molecule has 5 nitrogen and oxygen atoms in total. The fraction of sp³-hybridized carbons (Fsp3) is 0.526. The van der Waals surface area contributed by atoms with E-state index in [-0.39, 0.29) is 28.3 Å². The molecule has 1 unspecified atom stereocenters. The molecule has 6 heteroatoms. The van der Waals surface area contributed by atoms with Crippen molar-refractivity contribution in [3.63, 3.8) is 0 Å². The number of carbonyl (C=O) groups is 1. The first-order valence-corrected chi connectivity index (χ1v) is 9.54. The largest absolute Gasteiger partial charge is 0.350 e. The van der Waals surface area contributed by atoms with Crippen LogP contribution in [0.2, 0.25) is 0 Å². The quantitative estimate of drug-likeness (QED) is 0.628. The summed E-state index contributed by atoms with van der Waals surface area (Å²) in [6.07, 6.45) is 0.848. The number of carbonyl (C=O) groups excluding carboxylic acids is 1. The normalized spacial score (nSPS) is 13.2. The lowest BCUT2D eigenvalue weighted by atomic mass is 10.0. The molecule has 1 N–H and O–H groups in total. The van der Waals surface area contributed by atoms with Gasteiger partial charge >= 0.3 is 0 Å². The zero-order chi connectivity index (χ0) is 18.8. The predicted molar refractivity (Wildman–Crippen MR) is 104 cm³/mol. The summed E-state index contributed by atoms with van der Waals surface area (Å²) in [4.78, 5) is 30.0. The van der Waals surface area contributed by atoms with E-state index >= 15 is 0 Å². The minimum Gasteiger partial charge on any atom is -0.350 e. The number of amides is 1. The number of fused-ring (bicyclic) bond motifs is 1. The summed E-state index contributed by atoms with van der Waals surface area (Å²) in [5.41, 5.74) is 0.346. The first kappa shape index (κ1) is 19.5. The molecule has 1 aromatic heterocycles. The van der Waals surface area contributed by atoms with E-state index in [1.54, 1.807) is 10.6 Å². The molecule has 25 heavy (non-hydrogen) atoms. The van der Waals surface area contributed by atoms with Crippen LogP contribution in [0.3, 0.4) is 0 Å². The number of aromatic nitrogens is 2. The number of hydrogen-bond acceptors (Lipinski definition) is 4. The summed E-state index contributed by atoms with van der Waals surface area (Å²) < 4.78 is 1.67. The topological polar surface area (TPSA) is 64.0 Å². The van der Waals surface area contributed by atoms with Gasteiger partial charge in [-0.1, -0.05) is 30.8 Å². The van der Waals surface area contributed by atoms with Crippen LogP contribution < -0.4 is 10.9 Å². The molecule has 0 fully saturated rings. The SMILES string of the molecule is CCC(C)(C)NC(=O)C(C)Sc1nc2ccccc2c(=O)n1C(C)C. The fourth-order valence-corrected chi connectivity index (χ4v) is 3.44. The summed E-state index contributed by atoms with van der Waals surface area (Å²) in [6.45, 7) is 11.8. The maximum atomic E-state index is 12.8.